The molecule has 0 amide bonds. The molecule has 0 heterocycles. The predicted octanol–water partition coefficient (Wildman–Crippen LogP) is 2.22. The van der Waals surface area contributed by atoms with Crippen molar-refractivity contribution in [1.82, 2.24) is 0 Å². The Bertz CT molecular complexity index is 295. The smallest absolute Gasteiger partial charge is 0.0647 e. The van der Waals surface area contributed by atoms with Gasteiger partial charge in [0.2, 0.25) is 0 Å². The molecule has 1 saturated carbocycles. The third-order valence-electron chi connectivity index (χ3n) is 5.12. The zero-order valence-corrected chi connectivity index (χ0v) is 10.6. The van der Waals surface area contributed by atoms with E-state index in [1.54, 1.807) is 0 Å². The molecule has 0 aromatic rings. The van der Waals surface area contributed by atoms with Gasteiger partial charge in [0, 0.05) is 6.61 Å². The van der Waals surface area contributed by atoms with E-state index in [-0.39, 0.29) is 18.6 Å². The van der Waals surface area contributed by atoms with Gasteiger partial charge in [-0.3, -0.25) is 0 Å². The number of aliphatic hydroxyl groups excluding tert-OH is 2. The zero-order chi connectivity index (χ0) is 11.9. The normalized spacial score (nSPS) is 42.6. The minimum atomic E-state index is 0.0551. The fraction of sp³-hybridized carbons (Fsp3) is 0.857. The number of rotatable bonds is 3. The van der Waals surface area contributed by atoms with E-state index in [4.69, 9.17) is 0 Å². The van der Waals surface area contributed by atoms with E-state index in [1.807, 2.05) is 0 Å². The summed E-state index contributed by atoms with van der Waals surface area (Å²) in [5.74, 6) is 2.15. The Kier molecular flexibility index (Phi) is 3.15. The van der Waals surface area contributed by atoms with Crippen LogP contribution in [-0.2, 0) is 0 Å². The molecule has 0 aliphatic heterocycles. The van der Waals surface area contributed by atoms with Gasteiger partial charge >= 0.3 is 0 Å². The molecular formula is C14H24O2. The van der Waals surface area contributed by atoms with Crippen molar-refractivity contribution in [3.63, 3.8) is 0 Å². The zero-order valence-electron chi connectivity index (χ0n) is 10.6. The Morgan fingerprint density at radius 3 is 2.62 bits per heavy atom. The van der Waals surface area contributed by atoms with Crippen molar-refractivity contribution in [3.8, 4) is 0 Å². The van der Waals surface area contributed by atoms with Gasteiger partial charge in [-0.25, -0.2) is 0 Å². The molecule has 2 heteroatoms. The summed E-state index contributed by atoms with van der Waals surface area (Å²) in [7, 11) is 0. The molecular weight excluding hydrogens is 200 g/mol. The van der Waals surface area contributed by atoms with Crippen LogP contribution in [0.1, 0.15) is 33.6 Å². The van der Waals surface area contributed by atoms with Gasteiger partial charge < -0.3 is 10.2 Å². The lowest BCUT2D eigenvalue weighted by molar-refractivity contribution is 0.0236. The fourth-order valence-electron chi connectivity index (χ4n) is 3.96. The molecule has 2 nitrogen and oxygen atoms in total. The van der Waals surface area contributed by atoms with Crippen LogP contribution in [0.2, 0.25) is 0 Å². The summed E-state index contributed by atoms with van der Waals surface area (Å²) in [6.45, 7) is 7.17. The van der Waals surface area contributed by atoms with Gasteiger partial charge in [-0.2, -0.15) is 0 Å². The van der Waals surface area contributed by atoms with Crippen LogP contribution in [-0.4, -0.2) is 23.4 Å². The summed E-state index contributed by atoms with van der Waals surface area (Å²) in [6, 6.07) is 0. The van der Waals surface area contributed by atoms with Gasteiger partial charge in [0.1, 0.15) is 0 Å². The second-order valence-corrected chi connectivity index (χ2v) is 6.08. The number of hydrogen-bond donors (Lipinski definition) is 2. The summed E-state index contributed by atoms with van der Waals surface area (Å²) < 4.78 is 0. The molecule has 0 aromatic heterocycles. The lowest BCUT2D eigenvalue weighted by Gasteiger charge is -2.45. The summed E-state index contributed by atoms with van der Waals surface area (Å²) in [5, 5.41) is 19.1. The maximum absolute atomic E-state index is 9.63. The van der Waals surface area contributed by atoms with Crippen LogP contribution in [0.3, 0.4) is 0 Å². The molecule has 1 unspecified atom stereocenters. The van der Waals surface area contributed by atoms with Crippen molar-refractivity contribution in [3.05, 3.63) is 11.6 Å². The molecule has 16 heavy (non-hydrogen) atoms. The highest BCUT2D eigenvalue weighted by Gasteiger charge is 2.51. The van der Waals surface area contributed by atoms with Crippen molar-refractivity contribution in [2.75, 3.05) is 13.2 Å². The predicted molar refractivity (Wildman–Crippen MR) is 64.9 cm³/mol. The molecule has 2 N–H and O–H groups in total. The Morgan fingerprint density at radius 2 is 2.12 bits per heavy atom. The van der Waals surface area contributed by atoms with Gasteiger partial charge in [0.05, 0.1) is 6.61 Å². The Morgan fingerprint density at radius 1 is 1.44 bits per heavy atom. The van der Waals surface area contributed by atoms with Crippen LogP contribution in [0.25, 0.3) is 0 Å². The summed E-state index contributed by atoms with van der Waals surface area (Å²) in [6.07, 6.45) is 4.61. The lowest BCUT2D eigenvalue weighted by atomic mass is 9.60. The first-order valence-electron chi connectivity index (χ1n) is 6.47. The topological polar surface area (TPSA) is 40.5 Å². The van der Waals surface area contributed by atoms with Crippen molar-refractivity contribution in [2.24, 2.45) is 29.1 Å². The summed E-state index contributed by atoms with van der Waals surface area (Å²) >= 11 is 0. The lowest BCUT2D eigenvalue weighted by Crippen LogP contribution is -2.40. The highest BCUT2D eigenvalue weighted by Crippen LogP contribution is 2.57. The van der Waals surface area contributed by atoms with E-state index in [1.165, 1.54) is 12.0 Å². The number of hydrogen-bond acceptors (Lipinski definition) is 2. The largest absolute Gasteiger partial charge is 0.396 e. The van der Waals surface area contributed by atoms with Gasteiger partial charge in [-0.15, -0.1) is 0 Å². The van der Waals surface area contributed by atoms with E-state index >= 15 is 0 Å². The molecule has 2 rings (SSSR count). The second-order valence-electron chi connectivity index (χ2n) is 6.08. The van der Waals surface area contributed by atoms with E-state index in [0.717, 1.165) is 6.42 Å². The van der Waals surface area contributed by atoms with E-state index < -0.39 is 0 Å². The Labute approximate surface area is 98.4 Å². The molecule has 0 aromatic carbocycles. The third-order valence-corrected chi connectivity index (χ3v) is 5.12. The maximum Gasteiger partial charge on any atom is 0.0647 e. The standard InChI is InChI=1S/C14H24O2/c1-9(2)11-4-5-14(3)10(7-15)6-12(11)13(14)8-16/h6,9,11-13,15-16H,4-5,7-8H2,1-3H3/t11-,12+,13?,14+/m1/s1. The Hall–Kier alpha value is -0.340. The molecule has 2 aliphatic carbocycles. The average molecular weight is 224 g/mol. The van der Waals surface area contributed by atoms with Gasteiger partial charge in [-0.1, -0.05) is 26.8 Å². The van der Waals surface area contributed by atoms with Gasteiger partial charge in [0.25, 0.3) is 0 Å². The first-order valence-corrected chi connectivity index (χ1v) is 6.47. The van der Waals surface area contributed by atoms with Crippen molar-refractivity contribution < 1.29 is 10.2 Å². The average Bonchev–Trinajstić information content (AvgIpc) is 2.42. The Balaban J connectivity index is 2.32. The van der Waals surface area contributed by atoms with Crippen LogP contribution in [0, 0.1) is 29.1 Å². The van der Waals surface area contributed by atoms with Gasteiger partial charge in [-0.05, 0) is 47.5 Å². The first kappa shape index (κ1) is 12.1. The van der Waals surface area contributed by atoms with Crippen molar-refractivity contribution in [1.29, 1.82) is 0 Å². The van der Waals surface area contributed by atoms with Crippen LogP contribution >= 0.6 is 0 Å². The van der Waals surface area contributed by atoms with Crippen LogP contribution in [0.15, 0.2) is 11.6 Å². The number of aliphatic hydroxyl groups is 2. The number of allylic oxidation sites excluding steroid dienone is 1. The fourth-order valence-corrected chi connectivity index (χ4v) is 3.96. The molecule has 0 spiro atoms. The maximum atomic E-state index is 9.63. The molecule has 92 valence electrons. The minimum Gasteiger partial charge on any atom is -0.396 e. The van der Waals surface area contributed by atoms with Crippen molar-refractivity contribution >= 4 is 0 Å². The summed E-state index contributed by atoms with van der Waals surface area (Å²) in [4.78, 5) is 0. The molecule has 1 fully saturated rings. The highest BCUT2D eigenvalue weighted by molar-refractivity contribution is 5.28. The SMILES string of the molecule is CC(C)[C@H]1CC[C@@]2(C)C(CO)=C[C@@H]1C2CO. The molecule has 2 aliphatic rings. The number of fused-ring (bicyclic) bond motifs is 2. The highest BCUT2D eigenvalue weighted by atomic mass is 16.3. The molecule has 0 saturated heterocycles. The van der Waals surface area contributed by atoms with E-state index in [0.29, 0.717) is 23.7 Å². The summed E-state index contributed by atoms with van der Waals surface area (Å²) in [5.41, 5.74) is 1.22. The second kappa shape index (κ2) is 4.15. The van der Waals surface area contributed by atoms with Crippen LogP contribution in [0.4, 0.5) is 0 Å². The van der Waals surface area contributed by atoms with E-state index in [2.05, 4.69) is 26.8 Å². The first-order chi connectivity index (χ1) is 7.54. The molecule has 4 atom stereocenters. The van der Waals surface area contributed by atoms with Crippen LogP contribution in [0.5, 0.6) is 0 Å². The van der Waals surface area contributed by atoms with E-state index in [9.17, 15) is 10.2 Å². The third kappa shape index (κ3) is 1.54. The van der Waals surface area contributed by atoms with Crippen molar-refractivity contribution in [2.45, 2.75) is 33.6 Å². The molecule has 0 radical (unpaired) electrons. The quantitative estimate of drug-likeness (QED) is 0.722. The van der Waals surface area contributed by atoms with Crippen LogP contribution < -0.4 is 0 Å². The monoisotopic (exact) mass is 224 g/mol. The van der Waals surface area contributed by atoms with Gasteiger partial charge in [0.15, 0.2) is 0 Å². The molecule has 2 bridgehead atoms. The minimum absolute atomic E-state index is 0.0551.